The molecule has 4 aromatic rings. The fourth-order valence-electron chi connectivity index (χ4n) is 2.84. The molecule has 0 saturated carbocycles. The van der Waals surface area contributed by atoms with Gasteiger partial charge in [-0.05, 0) is 24.3 Å². The lowest BCUT2D eigenvalue weighted by molar-refractivity contribution is 0.285. The minimum atomic E-state index is -1.03. The van der Waals surface area contributed by atoms with Gasteiger partial charge in [0.15, 0.2) is 11.6 Å². The van der Waals surface area contributed by atoms with Gasteiger partial charge < -0.3 is 9.72 Å². The van der Waals surface area contributed by atoms with E-state index in [0.29, 0.717) is 27.9 Å². The van der Waals surface area contributed by atoms with E-state index in [2.05, 4.69) is 9.97 Å². The third-order valence-corrected chi connectivity index (χ3v) is 4.18. The Morgan fingerprint density at radius 1 is 0.926 bits per heavy atom. The van der Waals surface area contributed by atoms with Crippen LogP contribution in [0.25, 0.3) is 22.3 Å². The Balaban J connectivity index is 1.71. The third kappa shape index (κ3) is 3.29. The highest BCUT2D eigenvalue weighted by molar-refractivity contribution is 5.79. The summed E-state index contributed by atoms with van der Waals surface area (Å²) < 4.78 is 32.6. The lowest BCUT2D eigenvalue weighted by atomic mass is 10.1. The van der Waals surface area contributed by atoms with Crippen LogP contribution in [0.1, 0.15) is 5.56 Å². The van der Waals surface area contributed by atoms with Crippen molar-refractivity contribution in [3.63, 3.8) is 0 Å². The summed E-state index contributed by atoms with van der Waals surface area (Å²) in [4.78, 5) is 19.6. The van der Waals surface area contributed by atoms with E-state index >= 15 is 0 Å². The molecule has 4 nitrogen and oxygen atoms in total. The quantitative estimate of drug-likeness (QED) is 0.582. The molecule has 3 aromatic carbocycles. The van der Waals surface area contributed by atoms with Gasteiger partial charge in [-0.3, -0.25) is 4.79 Å². The molecule has 27 heavy (non-hydrogen) atoms. The van der Waals surface area contributed by atoms with E-state index in [-0.39, 0.29) is 17.9 Å². The summed E-state index contributed by atoms with van der Waals surface area (Å²) in [5.41, 5.74) is 1.65. The van der Waals surface area contributed by atoms with Gasteiger partial charge in [-0.2, -0.15) is 4.39 Å². The summed E-state index contributed by atoms with van der Waals surface area (Å²) in [5, 5.41) is 0.497. The second-order valence-electron chi connectivity index (χ2n) is 5.93. The molecule has 0 fully saturated rings. The fraction of sp³-hybridized carbons (Fsp3) is 0.0476. The summed E-state index contributed by atoms with van der Waals surface area (Å²) in [6.07, 6.45) is 0. The van der Waals surface area contributed by atoms with Gasteiger partial charge in [-0.15, -0.1) is 0 Å². The van der Waals surface area contributed by atoms with Crippen molar-refractivity contribution >= 4 is 10.9 Å². The first-order valence-electron chi connectivity index (χ1n) is 8.27. The van der Waals surface area contributed by atoms with Gasteiger partial charge in [0.25, 0.3) is 5.56 Å². The maximum absolute atomic E-state index is 13.8. The molecule has 0 amide bonds. The average molecular weight is 364 g/mol. The average Bonchev–Trinajstić information content (AvgIpc) is 2.69. The first kappa shape index (κ1) is 16.9. The largest absolute Gasteiger partial charge is 0.486 e. The zero-order valence-corrected chi connectivity index (χ0v) is 14.1. The minimum Gasteiger partial charge on any atom is -0.486 e. The fourth-order valence-corrected chi connectivity index (χ4v) is 2.84. The zero-order chi connectivity index (χ0) is 18.8. The number of H-pyrrole nitrogens is 1. The highest BCUT2D eigenvalue weighted by Gasteiger charge is 2.12. The number of aromatic amines is 1. The Morgan fingerprint density at radius 3 is 2.59 bits per heavy atom. The SMILES string of the molecule is O=c1[nH]c(-c2ccccc2COc2cccc(F)c2F)nc2ccccc12. The number of fused-ring (bicyclic) bond motifs is 1. The van der Waals surface area contributed by atoms with Crippen molar-refractivity contribution in [3.8, 4) is 17.1 Å². The van der Waals surface area contributed by atoms with Crippen LogP contribution in [0.2, 0.25) is 0 Å². The number of halogens is 2. The number of nitrogens with zero attached hydrogens (tertiary/aromatic N) is 1. The molecule has 1 aromatic heterocycles. The number of rotatable bonds is 4. The van der Waals surface area contributed by atoms with E-state index in [4.69, 9.17) is 4.74 Å². The van der Waals surface area contributed by atoms with Crippen LogP contribution in [0.5, 0.6) is 5.75 Å². The molecular weight excluding hydrogens is 350 g/mol. The van der Waals surface area contributed by atoms with Crippen molar-refractivity contribution in [1.29, 1.82) is 0 Å². The Labute approximate surface area is 153 Å². The molecule has 0 unspecified atom stereocenters. The maximum Gasteiger partial charge on any atom is 0.259 e. The number of nitrogens with one attached hydrogen (secondary N) is 1. The molecule has 0 aliphatic rings. The first-order chi connectivity index (χ1) is 13.1. The topological polar surface area (TPSA) is 55.0 Å². The number of benzene rings is 3. The van der Waals surface area contributed by atoms with E-state index < -0.39 is 11.6 Å². The van der Waals surface area contributed by atoms with Crippen LogP contribution in [0.15, 0.2) is 71.5 Å². The van der Waals surface area contributed by atoms with Crippen molar-refractivity contribution in [2.24, 2.45) is 0 Å². The third-order valence-electron chi connectivity index (χ3n) is 4.18. The molecule has 0 aliphatic carbocycles. The predicted molar refractivity (Wildman–Crippen MR) is 98.5 cm³/mol. The number of para-hydroxylation sites is 1. The lowest BCUT2D eigenvalue weighted by Crippen LogP contribution is -2.10. The summed E-state index contributed by atoms with van der Waals surface area (Å²) in [6, 6.07) is 18.0. The molecular formula is C21H14F2N2O2. The Bertz CT molecular complexity index is 1190. The molecule has 1 heterocycles. The molecule has 0 aliphatic heterocycles. The molecule has 0 bridgehead atoms. The van der Waals surface area contributed by atoms with Crippen LogP contribution < -0.4 is 10.3 Å². The molecule has 0 atom stereocenters. The second-order valence-corrected chi connectivity index (χ2v) is 5.93. The highest BCUT2D eigenvalue weighted by Crippen LogP contribution is 2.24. The smallest absolute Gasteiger partial charge is 0.259 e. The maximum atomic E-state index is 13.8. The molecule has 6 heteroatoms. The second kappa shape index (κ2) is 6.99. The number of hydrogen-bond acceptors (Lipinski definition) is 3. The van der Waals surface area contributed by atoms with E-state index in [1.807, 2.05) is 0 Å². The molecule has 0 saturated heterocycles. The Kier molecular flexibility index (Phi) is 4.38. The first-order valence-corrected chi connectivity index (χ1v) is 8.27. The Hall–Kier alpha value is -3.54. The van der Waals surface area contributed by atoms with Crippen LogP contribution in [-0.2, 0) is 6.61 Å². The van der Waals surface area contributed by atoms with Crippen molar-refractivity contribution < 1.29 is 13.5 Å². The molecule has 134 valence electrons. The van der Waals surface area contributed by atoms with Crippen molar-refractivity contribution in [3.05, 3.63) is 94.3 Å². The summed E-state index contributed by atoms with van der Waals surface area (Å²) in [5.74, 6) is -1.80. The van der Waals surface area contributed by atoms with Crippen LogP contribution in [0.4, 0.5) is 8.78 Å². The van der Waals surface area contributed by atoms with Crippen LogP contribution >= 0.6 is 0 Å². The number of hydrogen-bond donors (Lipinski definition) is 1. The van der Waals surface area contributed by atoms with Crippen LogP contribution in [0.3, 0.4) is 0 Å². The van der Waals surface area contributed by atoms with Gasteiger partial charge in [0.2, 0.25) is 5.82 Å². The molecule has 0 radical (unpaired) electrons. The molecule has 1 N–H and O–H groups in total. The normalized spacial score (nSPS) is 10.9. The monoisotopic (exact) mass is 364 g/mol. The summed E-state index contributed by atoms with van der Waals surface area (Å²) in [7, 11) is 0. The van der Waals surface area contributed by atoms with Gasteiger partial charge in [0.05, 0.1) is 10.9 Å². The Morgan fingerprint density at radius 2 is 1.70 bits per heavy atom. The van der Waals surface area contributed by atoms with Gasteiger partial charge in [0, 0.05) is 11.1 Å². The zero-order valence-electron chi connectivity index (χ0n) is 14.1. The van der Waals surface area contributed by atoms with Crippen molar-refractivity contribution in [2.75, 3.05) is 0 Å². The predicted octanol–water partition coefficient (Wildman–Crippen LogP) is 4.45. The summed E-state index contributed by atoms with van der Waals surface area (Å²) >= 11 is 0. The van der Waals surface area contributed by atoms with Gasteiger partial charge in [-0.25, -0.2) is 9.37 Å². The molecule has 4 rings (SSSR count). The molecule has 0 spiro atoms. The van der Waals surface area contributed by atoms with Gasteiger partial charge >= 0.3 is 0 Å². The van der Waals surface area contributed by atoms with E-state index in [9.17, 15) is 13.6 Å². The van der Waals surface area contributed by atoms with Crippen LogP contribution in [-0.4, -0.2) is 9.97 Å². The number of ether oxygens (including phenoxy) is 1. The van der Waals surface area contributed by atoms with Crippen molar-refractivity contribution in [2.45, 2.75) is 6.61 Å². The van der Waals surface area contributed by atoms with Crippen LogP contribution in [0, 0.1) is 11.6 Å². The van der Waals surface area contributed by atoms with Gasteiger partial charge in [0.1, 0.15) is 12.4 Å². The van der Waals surface area contributed by atoms with Crippen molar-refractivity contribution in [1.82, 2.24) is 9.97 Å². The number of aromatic nitrogens is 2. The standard InChI is InChI=1S/C21H14F2N2O2/c22-16-9-5-11-18(19(16)23)27-12-13-6-1-2-7-14(13)20-24-17-10-4-3-8-15(17)21(26)25-20/h1-11H,12H2,(H,24,25,26). The van der Waals surface area contributed by atoms with E-state index in [1.165, 1.54) is 12.1 Å². The highest BCUT2D eigenvalue weighted by atomic mass is 19.2. The van der Waals surface area contributed by atoms with E-state index in [1.54, 1.807) is 48.5 Å². The van der Waals surface area contributed by atoms with E-state index in [0.717, 1.165) is 6.07 Å². The van der Waals surface area contributed by atoms with Gasteiger partial charge in [-0.1, -0.05) is 42.5 Å². The summed E-state index contributed by atoms with van der Waals surface area (Å²) in [6.45, 7) is -0.00686. The lowest BCUT2D eigenvalue weighted by Gasteiger charge is -2.12. The minimum absolute atomic E-state index is 0.00686.